The number of hydrogen-bond acceptors (Lipinski definition) is 4. The molecule has 0 fully saturated rings. The van der Waals surface area contributed by atoms with Gasteiger partial charge in [-0.1, -0.05) is 25.1 Å². The molecule has 0 bridgehead atoms. The van der Waals surface area contributed by atoms with Crippen molar-refractivity contribution in [3.05, 3.63) is 22.1 Å². The van der Waals surface area contributed by atoms with Gasteiger partial charge in [0.25, 0.3) is 5.56 Å². The van der Waals surface area contributed by atoms with Crippen molar-refractivity contribution in [3.63, 3.8) is 0 Å². The van der Waals surface area contributed by atoms with Crippen molar-refractivity contribution in [3.8, 4) is 6.07 Å². The summed E-state index contributed by atoms with van der Waals surface area (Å²) in [5.74, 6) is 0.611. The van der Waals surface area contributed by atoms with Crippen LogP contribution in [-0.2, 0) is 6.42 Å². The number of aryl methyl sites for hydroxylation is 1. The molecule has 0 saturated heterocycles. The van der Waals surface area contributed by atoms with Crippen molar-refractivity contribution < 1.29 is 0 Å². The minimum absolute atomic E-state index is 0.0369. The Morgan fingerprint density at radius 2 is 2.44 bits per heavy atom. The Hall–Kier alpha value is -1.28. The molecule has 0 aliphatic carbocycles. The SMILES string of the molecule is CCCc1cc(=O)[nH]c(SCC(C)C#N)n1. The van der Waals surface area contributed by atoms with Gasteiger partial charge in [-0.15, -0.1) is 0 Å². The molecule has 1 unspecified atom stereocenters. The standard InChI is InChI=1S/C11H15N3OS/c1-3-4-9-5-10(15)14-11(13-9)16-7-8(2)6-12/h5,8H,3-4,7H2,1-2H3,(H,13,14,15). The van der Waals surface area contributed by atoms with E-state index in [-0.39, 0.29) is 11.5 Å². The minimum atomic E-state index is -0.120. The van der Waals surface area contributed by atoms with Crippen LogP contribution >= 0.6 is 11.8 Å². The molecule has 1 atom stereocenters. The minimum Gasteiger partial charge on any atom is -0.301 e. The number of aromatic nitrogens is 2. The Bertz CT molecular complexity index is 436. The smallest absolute Gasteiger partial charge is 0.251 e. The highest BCUT2D eigenvalue weighted by atomic mass is 32.2. The molecule has 5 heteroatoms. The third-order valence-corrected chi connectivity index (χ3v) is 3.10. The summed E-state index contributed by atoms with van der Waals surface area (Å²) >= 11 is 1.42. The van der Waals surface area contributed by atoms with E-state index in [4.69, 9.17) is 5.26 Å². The molecule has 0 aliphatic rings. The Kier molecular flexibility index (Phi) is 5.06. The molecule has 1 aromatic heterocycles. The lowest BCUT2D eigenvalue weighted by Gasteiger charge is -2.03. The van der Waals surface area contributed by atoms with Gasteiger partial charge in [0.05, 0.1) is 12.0 Å². The van der Waals surface area contributed by atoms with Gasteiger partial charge in [0.2, 0.25) is 0 Å². The van der Waals surface area contributed by atoms with Gasteiger partial charge in [-0.25, -0.2) is 4.98 Å². The largest absolute Gasteiger partial charge is 0.301 e. The third-order valence-electron chi connectivity index (χ3n) is 1.97. The average molecular weight is 237 g/mol. The molecule has 0 amide bonds. The predicted molar refractivity (Wildman–Crippen MR) is 64.4 cm³/mol. The lowest BCUT2D eigenvalue weighted by atomic mass is 10.2. The number of nitrogens with zero attached hydrogens (tertiary/aromatic N) is 2. The molecule has 0 saturated carbocycles. The fourth-order valence-electron chi connectivity index (χ4n) is 1.18. The van der Waals surface area contributed by atoms with Crippen molar-refractivity contribution in [1.82, 2.24) is 9.97 Å². The van der Waals surface area contributed by atoms with E-state index in [1.165, 1.54) is 17.8 Å². The molecule has 1 N–H and O–H groups in total. The van der Waals surface area contributed by atoms with Crippen LogP contribution in [0.5, 0.6) is 0 Å². The van der Waals surface area contributed by atoms with Crippen LogP contribution < -0.4 is 5.56 Å². The zero-order valence-electron chi connectivity index (χ0n) is 9.49. The van der Waals surface area contributed by atoms with E-state index in [2.05, 4.69) is 16.0 Å². The van der Waals surface area contributed by atoms with Crippen molar-refractivity contribution in [2.45, 2.75) is 31.8 Å². The van der Waals surface area contributed by atoms with E-state index in [9.17, 15) is 4.79 Å². The Morgan fingerprint density at radius 1 is 1.69 bits per heavy atom. The monoisotopic (exact) mass is 237 g/mol. The molecule has 0 aromatic carbocycles. The van der Waals surface area contributed by atoms with Crippen molar-refractivity contribution in [2.24, 2.45) is 5.92 Å². The van der Waals surface area contributed by atoms with Gasteiger partial charge in [-0.3, -0.25) is 4.79 Å². The van der Waals surface area contributed by atoms with E-state index in [0.717, 1.165) is 18.5 Å². The molecule has 1 rings (SSSR count). The molecule has 16 heavy (non-hydrogen) atoms. The summed E-state index contributed by atoms with van der Waals surface area (Å²) in [5, 5.41) is 9.26. The summed E-state index contributed by atoms with van der Waals surface area (Å²) in [5.41, 5.74) is 0.698. The quantitative estimate of drug-likeness (QED) is 0.628. The summed E-state index contributed by atoms with van der Waals surface area (Å²) in [6.07, 6.45) is 1.78. The highest BCUT2D eigenvalue weighted by molar-refractivity contribution is 7.99. The van der Waals surface area contributed by atoms with Gasteiger partial charge in [0.1, 0.15) is 0 Å². The number of hydrogen-bond donors (Lipinski definition) is 1. The molecule has 1 heterocycles. The summed E-state index contributed by atoms with van der Waals surface area (Å²) in [6.45, 7) is 3.90. The second-order valence-electron chi connectivity index (χ2n) is 3.63. The van der Waals surface area contributed by atoms with Crippen molar-refractivity contribution in [1.29, 1.82) is 5.26 Å². The van der Waals surface area contributed by atoms with Gasteiger partial charge >= 0.3 is 0 Å². The number of thioether (sulfide) groups is 1. The Morgan fingerprint density at radius 3 is 3.06 bits per heavy atom. The van der Waals surface area contributed by atoms with Crippen LogP contribution in [0.15, 0.2) is 16.0 Å². The first-order valence-electron chi connectivity index (χ1n) is 5.28. The van der Waals surface area contributed by atoms with E-state index in [0.29, 0.717) is 10.9 Å². The highest BCUT2D eigenvalue weighted by Gasteiger charge is 2.05. The Balaban J connectivity index is 2.73. The molecule has 0 aliphatic heterocycles. The van der Waals surface area contributed by atoms with Crippen LogP contribution in [-0.4, -0.2) is 15.7 Å². The zero-order chi connectivity index (χ0) is 12.0. The van der Waals surface area contributed by atoms with Gasteiger partial charge < -0.3 is 4.98 Å². The normalized spacial score (nSPS) is 12.1. The van der Waals surface area contributed by atoms with Crippen molar-refractivity contribution in [2.75, 3.05) is 5.75 Å². The molecule has 1 aromatic rings. The molecule has 86 valence electrons. The number of nitriles is 1. The van der Waals surface area contributed by atoms with Gasteiger partial charge in [0, 0.05) is 17.5 Å². The third kappa shape index (κ3) is 4.07. The van der Waals surface area contributed by atoms with Gasteiger partial charge in [-0.2, -0.15) is 5.26 Å². The lowest BCUT2D eigenvalue weighted by Crippen LogP contribution is -2.10. The number of rotatable bonds is 5. The first kappa shape index (κ1) is 12.8. The summed E-state index contributed by atoms with van der Waals surface area (Å²) in [6, 6.07) is 3.68. The molecular formula is C11H15N3OS. The topological polar surface area (TPSA) is 69.5 Å². The van der Waals surface area contributed by atoms with E-state index in [1.807, 2.05) is 13.8 Å². The van der Waals surface area contributed by atoms with Crippen LogP contribution in [0.3, 0.4) is 0 Å². The first-order valence-corrected chi connectivity index (χ1v) is 6.27. The van der Waals surface area contributed by atoms with Crippen LogP contribution in [0.1, 0.15) is 26.0 Å². The maximum atomic E-state index is 11.3. The maximum absolute atomic E-state index is 11.3. The van der Waals surface area contributed by atoms with E-state index < -0.39 is 0 Å². The Labute approximate surface area is 99.1 Å². The fourth-order valence-corrected chi connectivity index (χ4v) is 2.01. The van der Waals surface area contributed by atoms with Crippen LogP contribution in [0.4, 0.5) is 0 Å². The van der Waals surface area contributed by atoms with Crippen LogP contribution in [0.25, 0.3) is 0 Å². The first-order chi connectivity index (χ1) is 7.65. The second-order valence-corrected chi connectivity index (χ2v) is 4.64. The average Bonchev–Trinajstić information content (AvgIpc) is 2.25. The van der Waals surface area contributed by atoms with E-state index >= 15 is 0 Å². The number of aromatic amines is 1. The van der Waals surface area contributed by atoms with Gasteiger partial charge in [0.15, 0.2) is 5.16 Å². The van der Waals surface area contributed by atoms with Crippen LogP contribution in [0.2, 0.25) is 0 Å². The lowest BCUT2D eigenvalue weighted by molar-refractivity contribution is 0.809. The molecule has 4 nitrogen and oxygen atoms in total. The fraction of sp³-hybridized carbons (Fsp3) is 0.545. The molecule has 0 spiro atoms. The number of nitrogens with one attached hydrogen (secondary N) is 1. The summed E-state index contributed by atoms with van der Waals surface area (Å²) in [4.78, 5) is 18.3. The second kappa shape index (κ2) is 6.33. The maximum Gasteiger partial charge on any atom is 0.251 e. The van der Waals surface area contributed by atoms with E-state index in [1.54, 1.807) is 0 Å². The summed E-state index contributed by atoms with van der Waals surface area (Å²) < 4.78 is 0. The van der Waals surface area contributed by atoms with Crippen molar-refractivity contribution >= 4 is 11.8 Å². The van der Waals surface area contributed by atoms with Gasteiger partial charge in [-0.05, 0) is 13.3 Å². The number of H-pyrrole nitrogens is 1. The summed E-state index contributed by atoms with van der Waals surface area (Å²) in [7, 11) is 0. The zero-order valence-corrected chi connectivity index (χ0v) is 10.3. The molecular weight excluding hydrogens is 222 g/mol. The predicted octanol–water partition coefficient (Wildman–Crippen LogP) is 1.97. The highest BCUT2D eigenvalue weighted by Crippen LogP contribution is 2.15. The van der Waals surface area contributed by atoms with Crippen LogP contribution in [0, 0.1) is 17.2 Å². The molecule has 0 radical (unpaired) electrons.